The minimum atomic E-state index is -4.54. The predicted molar refractivity (Wildman–Crippen MR) is 105 cm³/mol. The highest BCUT2D eigenvalue weighted by atomic mass is 32.2. The summed E-state index contributed by atoms with van der Waals surface area (Å²) in [5.41, 5.74) is -0.669. The van der Waals surface area contributed by atoms with Gasteiger partial charge in [-0.25, -0.2) is 0 Å². The Balaban J connectivity index is 1.57. The Morgan fingerprint density at radius 2 is 2.07 bits per heavy atom. The van der Waals surface area contributed by atoms with Crippen molar-refractivity contribution in [3.63, 3.8) is 0 Å². The molecular weight excluding hydrogens is 419 g/mol. The van der Waals surface area contributed by atoms with Crippen LogP contribution in [0.2, 0.25) is 0 Å². The lowest BCUT2D eigenvalue weighted by Crippen LogP contribution is -2.45. The second-order valence-electron chi connectivity index (χ2n) is 7.32. The average molecular weight is 439 g/mol. The SMILES string of the molecule is CCn1c(S[C@@H](C)C(=O)N2CC(=O)Nc3cc(C(F)(F)F)ccc32)nnc1C1CC1. The zero-order valence-electron chi connectivity index (χ0n) is 16.4. The van der Waals surface area contributed by atoms with Gasteiger partial charge in [0.1, 0.15) is 12.4 Å². The summed E-state index contributed by atoms with van der Waals surface area (Å²) in [6, 6.07) is 2.97. The molecule has 2 amide bonds. The molecular formula is C19H20F3N5O2S. The third kappa shape index (κ3) is 3.90. The standard InChI is InChI=1S/C19H20F3N5O2S/c1-3-26-16(11-4-5-11)24-25-18(26)30-10(2)17(29)27-9-15(28)23-13-8-12(19(20,21)22)6-7-14(13)27/h6-8,10-11H,3-5,9H2,1-2H3,(H,23,28)/t10-/m0/s1. The van der Waals surface area contributed by atoms with Gasteiger partial charge in [-0.1, -0.05) is 11.8 Å². The fraction of sp³-hybridized carbons (Fsp3) is 0.474. The third-order valence-corrected chi connectivity index (χ3v) is 6.16. The molecule has 1 fully saturated rings. The van der Waals surface area contributed by atoms with Gasteiger partial charge in [0.2, 0.25) is 11.8 Å². The molecule has 4 rings (SSSR count). The van der Waals surface area contributed by atoms with E-state index < -0.39 is 22.9 Å². The van der Waals surface area contributed by atoms with E-state index in [4.69, 9.17) is 0 Å². The van der Waals surface area contributed by atoms with Crippen molar-refractivity contribution in [3.05, 3.63) is 29.6 Å². The fourth-order valence-corrected chi connectivity index (χ4v) is 4.40. The Kier molecular flexibility index (Phi) is 5.25. The van der Waals surface area contributed by atoms with Crippen molar-refractivity contribution in [1.29, 1.82) is 0 Å². The molecule has 1 aliphatic carbocycles. The van der Waals surface area contributed by atoms with Gasteiger partial charge in [0.05, 0.1) is 22.2 Å². The normalized spacial score (nSPS) is 17.5. The molecule has 1 aromatic heterocycles. The molecule has 7 nitrogen and oxygen atoms in total. The van der Waals surface area contributed by atoms with Gasteiger partial charge in [0.15, 0.2) is 5.16 Å². The monoisotopic (exact) mass is 439 g/mol. The lowest BCUT2D eigenvalue weighted by atomic mass is 10.1. The molecule has 1 aliphatic heterocycles. The van der Waals surface area contributed by atoms with Crippen LogP contribution in [-0.4, -0.2) is 38.4 Å². The highest BCUT2D eigenvalue weighted by molar-refractivity contribution is 8.00. The van der Waals surface area contributed by atoms with E-state index in [9.17, 15) is 22.8 Å². The largest absolute Gasteiger partial charge is 0.416 e. The fourth-order valence-electron chi connectivity index (χ4n) is 3.42. The molecule has 0 unspecified atom stereocenters. The third-order valence-electron chi connectivity index (χ3n) is 5.09. The van der Waals surface area contributed by atoms with Crippen molar-refractivity contribution in [3.8, 4) is 0 Å². The van der Waals surface area contributed by atoms with Gasteiger partial charge in [-0.15, -0.1) is 10.2 Å². The van der Waals surface area contributed by atoms with Crippen LogP contribution in [0.4, 0.5) is 24.5 Å². The van der Waals surface area contributed by atoms with Crippen LogP contribution in [0.5, 0.6) is 0 Å². The topological polar surface area (TPSA) is 80.1 Å². The number of fused-ring (bicyclic) bond motifs is 1. The zero-order chi connectivity index (χ0) is 21.6. The van der Waals surface area contributed by atoms with Crippen LogP contribution < -0.4 is 10.2 Å². The number of halogens is 3. The van der Waals surface area contributed by atoms with Crippen molar-refractivity contribution in [2.75, 3.05) is 16.8 Å². The van der Waals surface area contributed by atoms with E-state index in [0.717, 1.165) is 30.8 Å². The summed E-state index contributed by atoms with van der Waals surface area (Å²) in [5, 5.41) is 10.9. The van der Waals surface area contributed by atoms with Gasteiger partial charge in [-0.3, -0.25) is 14.5 Å². The molecule has 2 aromatic rings. The van der Waals surface area contributed by atoms with E-state index in [2.05, 4.69) is 15.5 Å². The quantitative estimate of drug-likeness (QED) is 0.720. The Hall–Kier alpha value is -2.56. The minimum Gasteiger partial charge on any atom is -0.323 e. The second kappa shape index (κ2) is 7.60. The van der Waals surface area contributed by atoms with Gasteiger partial charge in [0.25, 0.3) is 0 Å². The van der Waals surface area contributed by atoms with Gasteiger partial charge < -0.3 is 9.88 Å². The number of rotatable bonds is 5. The molecule has 160 valence electrons. The summed E-state index contributed by atoms with van der Waals surface area (Å²) < 4.78 is 41.0. The lowest BCUT2D eigenvalue weighted by molar-refractivity contribution is -0.137. The Labute approximate surface area is 175 Å². The van der Waals surface area contributed by atoms with Gasteiger partial charge in [-0.05, 0) is 44.9 Å². The summed E-state index contributed by atoms with van der Waals surface area (Å²) in [6.07, 6.45) is -2.38. The van der Waals surface area contributed by atoms with Crippen molar-refractivity contribution in [2.24, 2.45) is 0 Å². The number of nitrogens with one attached hydrogen (secondary N) is 1. The summed E-state index contributed by atoms with van der Waals surface area (Å²) in [7, 11) is 0. The molecule has 2 aliphatic rings. The number of alkyl halides is 3. The Morgan fingerprint density at radius 3 is 2.70 bits per heavy atom. The Morgan fingerprint density at radius 1 is 1.33 bits per heavy atom. The summed E-state index contributed by atoms with van der Waals surface area (Å²) in [5.74, 6) is 0.412. The van der Waals surface area contributed by atoms with Crippen molar-refractivity contribution in [1.82, 2.24) is 14.8 Å². The first-order valence-electron chi connectivity index (χ1n) is 9.61. The maximum atomic E-state index is 13.1. The minimum absolute atomic E-state index is 0.0284. The second-order valence-corrected chi connectivity index (χ2v) is 8.63. The summed E-state index contributed by atoms with van der Waals surface area (Å²) in [6.45, 7) is 4.09. The molecule has 0 radical (unpaired) electrons. The number of thioether (sulfide) groups is 1. The zero-order valence-corrected chi connectivity index (χ0v) is 17.2. The first kappa shape index (κ1) is 20.7. The van der Waals surface area contributed by atoms with Crippen molar-refractivity contribution in [2.45, 2.75) is 55.7 Å². The number of nitrogens with zero attached hydrogens (tertiary/aromatic N) is 4. The van der Waals surface area contributed by atoms with Crippen LogP contribution >= 0.6 is 11.8 Å². The molecule has 30 heavy (non-hydrogen) atoms. The van der Waals surface area contributed by atoms with Crippen LogP contribution in [-0.2, 0) is 22.3 Å². The van der Waals surface area contributed by atoms with Gasteiger partial charge >= 0.3 is 6.18 Å². The van der Waals surface area contributed by atoms with E-state index >= 15 is 0 Å². The van der Waals surface area contributed by atoms with E-state index in [1.165, 1.54) is 22.7 Å². The summed E-state index contributed by atoms with van der Waals surface area (Å²) in [4.78, 5) is 26.4. The van der Waals surface area contributed by atoms with E-state index in [1.54, 1.807) is 6.92 Å². The van der Waals surface area contributed by atoms with Crippen LogP contribution in [0.1, 0.15) is 44.0 Å². The molecule has 0 saturated heterocycles. The highest BCUT2D eigenvalue weighted by Gasteiger charge is 2.36. The lowest BCUT2D eigenvalue weighted by Gasteiger charge is -2.31. The maximum absolute atomic E-state index is 13.1. The number of hydrogen-bond donors (Lipinski definition) is 1. The van der Waals surface area contributed by atoms with Gasteiger partial charge in [-0.2, -0.15) is 13.2 Å². The molecule has 1 aromatic carbocycles. The number of benzene rings is 1. The van der Waals surface area contributed by atoms with Gasteiger partial charge in [0, 0.05) is 12.5 Å². The highest BCUT2D eigenvalue weighted by Crippen LogP contribution is 2.41. The molecule has 2 heterocycles. The number of carbonyl (C=O) groups excluding carboxylic acids is 2. The number of carbonyl (C=O) groups is 2. The smallest absolute Gasteiger partial charge is 0.323 e. The van der Waals surface area contributed by atoms with Crippen LogP contribution in [0.15, 0.2) is 23.4 Å². The molecule has 0 bridgehead atoms. The van der Waals surface area contributed by atoms with Crippen LogP contribution in [0.3, 0.4) is 0 Å². The van der Waals surface area contributed by atoms with E-state index in [1.807, 2.05) is 11.5 Å². The Bertz CT molecular complexity index is 1000. The molecule has 0 spiro atoms. The average Bonchev–Trinajstić information content (AvgIpc) is 3.46. The van der Waals surface area contributed by atoms with E-state index in [0.29, 0.717) is 17.6 Å². The molecule has 1 N–H and O–H groups in total. The van der Waals surface area contributed by atoms with Crippen molar-refractivity contribution < 1.29 is 22.8 Å². The number of hydrogen-bond acceptors (Lipinski definition) is 5. The first-order chi connectivity index (χ1) is 14.2. The number of amides is 2. The number of anilines is 2. The molecule has 11 heteroatoms. The van der Waals surface area contributed by atoms with E-state index in [-0.39, 0.29) is 23.8 Å². The summed E-state index contributed by atoms with van der Waals surface area (Å²) >= 11 is 1.23. The number of aromatic nitrogens is 3. The first-order valence-corrected chi connectivity index (χ1v) is 10.5. The van der Waals surface area contributed by atoms with Crippen LogP contribution in [0.25, 0.3) is 0 Å². The maximum Gasteiger partial charge on any atom is 0.416 e. The predicted octanol–water partition coefficient (Wildman–Crippen LogP) is 3.66. The van der Waals surface area contributed by atoms with Crippen LogP contribution in [0, 0.1) is 0 Å². The molecule has 1 saturated carbocycles. The van der Waals surface area contributed by atoms with Crippen molar-refractivity contribution >= 4 is 35.0 Å². The molecule has 1 atom stereocenters.